The fourth-order valence-corrected chi connectivity index (χ4v) is 2.95. The lowest BCUT2D eigenvalue weighted by Gasteiger charge is -2.06. The zero-order chi connectivity index (χ0) is 22.1. The summed E-state index contributed by atoms with van der Waals surface area (Å²) in [5.41, 5.74) is 4.26. The third-order valence-electron chi connectivity index (χ3n) is 4.10. The van der Waals surface area contributed by atoms with Crippen LogP contribution in [0.3, 0.4) is 0 Å². The summed E-state index contributed by atoms with van der Waals surface area (Å²) < 4.78 is 11.3. The van der Waals surface area contributed by atoms with E-state index in [2.05, 4.69) is 26.5 Å². The molecule has 0 bridgehead atoms. The lowest BCUT2D eigenvalue weighted by Crippen LogP contribution is -2.17. The van der Waals surface area contributed by atoms with E-state index in [1.165, 1.54) is 19.4 Å². The Morgan fingerprint density at radius 2 is 1.81 bits per heavy atom. The van der Waals surface area contributed by atoms with Crippen molar-refractivity contribution in [1.82, 2.24) is 5.43 Å². The first kappa shape index (κ1) is 22.0. The molecule has 0 aliphatic rings. The largest absolute Gasteiger partial charge is 0.497 e. The number of hydrazone groups is 1. The van der Waals surface area contributed by atoms with Gasteiger partial charge in [0.05, 0.1) is 13.3 Å². The first-order chi connectivity index (χ1) is 15.0. The minimum absolute atomic E-state index is 0.310. The molecule has 0 fully saturated rings. The van der Waals surface area contributed by atoms with Crippen molar-refractivity contribution in [1.29, 1.82) is 0 Å². The normalized spacial score (nSPS) is 10.9. The molecule has 0 aliphatic heterocycles. The van der Waals surface area contributed by atoms with E-state index in [1.54, 1.807) is 48.5 Å². The van der Waals surface area contributed by atoms with E-state index in [-0.39, 0.29) is 0 Å². The molecule has 0 aliphatic carbocycles. The van der Waals surface area contributed by atoms with Crippen LogP contribution < -0.4 is 14.9 Å². The van der Waals surface area contributed by atoms with Gasteiger partial charge in [-0.15, -0.1) is 0 Å². The van der Waals surface area contributed by atoms with Crippen LogP contribution in [0.4, 0.5) is 0 Å². The quantitative estimate of drug-likeness (QED) is 0.173. The summed E-state index contributed by atoms with van der Waals surface area (Å²) in [6, 6.07) is 21.3. The fourth-order valence-electron chi connectivity index (χ4n) is 2.57. The Kier molecular flexibility index (Phi) is 7.73. The summed E-state index contributed by atoms with van der Waals surface area (Å²) in [5.74, 6) is -0.0394. The van der Waals surface area contributed by atoms with Gasteiger partial charge in [0.2, 0.25) is 0 Å². The average molecular weight is 479 g/mol. The van der Waals surface area contributed by atoms with Crippen LogP contribution >= 0.6 is 15.9 Å². The van der Waals surface area contributed by atoms with E-state index in [1.807, 2.05) is 30.3 Å². The molecule has 31 heavy (non-hydrogen) atoms. The van der Waals surface area contributed by atoms with Crippen molar-refractivity contribution >= 4 is 40.1 Å². The van der Waals surface area contributed by atoms with Crippen LogP contribution in [0.15, 0.2) is 88.4 Å². The van der Waals surface area contributed by atoms with Gasteiger partial charge in [0.25, 0.3) is 5.91 Å². The van der Waals surface area contributed by atoms with Gasteiger partial charge in [0.15, 0.2) is 0 Å². The summed E-state index contributed by atoms with van der Waals surface area (Å²) in [7, 11) is 1.53. The van der Waals surface area contributed by atoms with E-state index in [0.29, 0.717) is 22.6 Å². The summed E-state index contributed by atoms with van der Waals surface area (Å²) in [6.07, 6.45) is 4.43. The van der Waals surface area contributed by atoms with Gasteiger partial charge in [-0.3, -0.25) is 4.79 Å². The van der Waals surface area contributed by atoms with Crippen LogP contribution in [0, 0.1) is 0 Å². The molecular weight excluding hydrogens is 460 g/mol. The highest BCUT2D eigenvalue weighted by molar-refractivity contribution is 9.10. The standard InChI is InChI=1S/C24H19BrN2O4/c1-30-21-9-5-8-18(15-21)24(29)27-26-16-19-14-20(25)11-12-22(19)31-23(28)13-10-17-6-3-2-4-7-17/h2-16H,1H3,(H,27,29)/b13-10+,26-16+. The first-order valence-electron chi connectivity index (χ1n) is 9.27. The number of esters is 1. The van der Waals surface area contributed by atoms with Crippen molar-refractivity contribution in [2.45, 2.75) is 0 Å². The Bertz CT molecular complexity index is 1130. The smallest absolute Gasteiger partial charge is 0.336 e. The molecule has 3 aromatic carbocycles. The van der Waals surface area contributed by atoms with E-state index < -0.39 is 11.9 Å². The van der Waals surface area contributed by atoms with Crippen LogP contribution in [-0.2, 0) is 4.79 Å². The molecule has 0 saturated heterocycles. The van der Waals surface area contributed by atoms with Crippen molar-refractivity contribution < 1.29 is 19.1 Å². The molecule has 7 heteroatoms. The molecule has 0 atom stereocenters. The van der Waals surface area contributed by atoms with E-state index in [0.717, 1.165) is 10.0 Å². The second-order valence-electron chi connectivity index (χ2n) is 6.28. The minimum Gasteiger partial charge on any atom is -0.497 e. The number of halogens is 1. The highest BCUT2D eigenvalue weighted by atomic mass is 79.9. The van der Waals surface area contributed by atoms with Crippen LogP contribution in [0.2, 0.25) is 0 Å². The second-order valence-corrected chi connectivity index (χ2v) is 7.19. The average Bonchev–Trinajstić information content (AvgIpc) is 2.80. The Labute approximate surface area is 188 Å². The number of amides is 1. The molecule has 6 nitrogen and oxygen atoms in total. The van der Waals surface area contributed by atoms with Gasteiger partial charge in [0, 0.05) is 21.7 Å². The molecule has 0 radical (unpaired) electrons. The van der Waals surface area contributed by atoms with Crippen molar-refractivity contribution in [3.05, 3.63) is 100 Å². The summed E-state index contributed by atoms with van der Waals surface area (Å²) in [4.78, 5) is 24.5. The number of nitrogens with one attached hydrogen (secondary N) is 1. The molecule has 0 unspecified atom stereocenters. The number of methoxy groups -OCH3 is 1. The predicted molar refractivity (Wildman–Crippen MR) is 123 cm³/mol. The molecule has 156 valence electrons. The Hall–Kier alpha value is -3.71. The van der Waals surface area contributed by atoms with Crippen LogP contribution in [0.25, 0.3) is 6.08 Å². The number of rotatable bonds is 7. The number of nitrogens with zero attached hydrogens (tertiary/aromatic N) is 1. The summed E-state index contributed by atoms with van der Waals surface area (Å²) in [5, 5.41) is 3.98. The lowest BCUT2D eigenvalue weighted by atomic mass is 10.2. The Morgan fingerprint density at radius 1 is 1.00 bits per heavy atom. The lowest BCUT2D eigenvalue weighted by molar-refractivity contribution is -0.128. The van der Waals surface area contributed by atoms with Gasteiger partial charge in [-0.1, -0.05) is 52.3 Å². The number of benzene rings is 3. The topological polar surface area (TPSA) is 77.0 Å². The van der Waals surface area contributed by atoms with Gasteiger partial charge in [-0.25, -0.2) is 10.2 Å². The molecule has 3 rings (SSSR count). The Balaban J connectivity index is 1.68. The van der Waals surface area contributed by atoms with Crippen molar-refractivity contribution in [3.63, 3.8) is 0 Å². The SMILES string of the molecule is COc1cccc(C(=O)N/N=C/c2cc(Br)ccc2OC(=O)/C=C/c2ccccc2)c1. The van der Waals surface area contributed by atoms with Gasteiger partial charge in [-0.05, 0) is 48.0 Å². The highest BCUT2D eigenvalue weighted by Crippen LogP contribution is 2.22. The van der Waals surface area contributed by atoms with Crippen LogP contribution in [0.5, 0.6) is 11.5 Å². The molecule has 0 spiro atoms. The summed E-state index contributed by atoms with van der Waals surface area (Å²) >= 11 is 3.38. The second kappa shape index (κ2) is 10.9. The monoisotopic (exact) mass is 478 g/mol. The van der Waals surface area contributed by atoms with Crippen LogP contribution in [-0.4, -0.2) is 25.2 Å². The van der Waals surface area contributed by atoms with Gasteiger partial charge >= 0.3 is 5.97 Å². The molecule has 0 saturated carbocycles. The molecule has 1 amide bonds. The minimum atomic E-state index is -0.527. The van der Waals surface area contributed by atoms with Crippen molar-refractivity contribution in [3.8, 4) is 11.5 Å². The van der Waals surface area contributed by atoms with Gasteiger partial charge in [-0.2, -0.15) is 5.10 Å². The number of ether oxygens (including phenoxy) is 2. The van der Waals surface area contributed by atoms with Crippen LogP contribution in [0.1, 0.15) is 21.5 Å². The third-order valence-corrected chi connectivity index (χ3v) is 4.59. The van der Waals surface area contributed by atoms with E-state index >= 15 is 0 Å². The van der Waals surface area contributed by atoms with Gasteiger partial charge < -0.3 is 9.47 Å². The molecular formula is C24H19BrN2O4. The maximum absolute atomic E-state index is 12.3. The third kappa shape index (κ3) is 6.65. The molecule has 0 heterocycles. The summed E-state index contributed by atoms with van der Waals surface area (Å²) in [6.45, 7) is 0. The van der Waals surface area contributed by atoms with E-state index in [9.17, 15) is 9.59 Å². The number of hydrogen-bond donors (Lipinski definition) is 1. The zero-order valence-electron chi connectivity index (χ0n) is 16.6. The molecule has 1 N–H and O–H groups in total. The van der Waals surface area contributed by atoms with Gasteiger partial charge in [0.1, 0.15) is 11.5 Å². The number of carbonyl (C=O) groups is 2. The molecule has 3 aromatic rings. The Morgan fingerprint density at radius 3 is 2.58 bits per heavy atom. The van der Waals surface area contributed by atoms with E-state index in [4.69, 9.17) is 9.47 Å². The number of carbonyl (C=O) groups excluding carboxylic acids is 2. The highest BCUT2D eigenvalue weighted by Gasteiger charge is 2.08. The maximum Gasteiger partial charge on any atom is 0.336 e. The van der Waals surface area contributed by atoms with Crippen molar-refractivity contribution in [2.75, 3.05) is 7.11 Å². The zero-order valence-corrected chi connectivity index (χ0v) is 18.2. The van der Waals surface area contributed by atoms with Crippen molar-refractivity contribution in [2.24, 2.45) is 5.10 Å². The maximum atomic E-state index is 12.3. The first-order valence-corrected chi connectivity index (χ1v) is 10.1. The predicted octanol–water partition coefficient (Wildman–Crippen LogP) is 4.84. The fraction of sp³-hybridized carbons (Fsp3) is 0.0417. The molecule has 0 aromatic heterocycles. The number of hydrogen-bond acceptors (Lipinski definition) is 5.